The second-order valence-electron chi connectivity index (χ2n) is 3.15. The first-order chi connectivity index (χ1) is 6.81. The van der Waals surface area contributed by atoms with E-state index in [1.165, 1.54) is 0 Å². The highest BCUT2D eigenvalue weighted by Gasteiger charge is 2.10. The smallest absolute Gasteiger partial charge is 0.232 e. The summed E-state index contributed by atoms with van der Waals surface area (Å²) in [6.07, 6.45) is 4.94. The number of hydrogen-bond donors (Lipinski definition) is 2. The van der Waals surface area contributed by atoms with Crippen LogP contribution in [0.25, 0.3) is 11.4 Å². The number of aryl methyl sites for hydroxylation is 1. The van der Waals surface area contributed by atoms with Gasteiger partial charge in [-0.25, -0.2) is 0 Å². The molecule has 2 heterocycles. The molecule has 0 bridgehead atoms. The largest absolute Gasteiger partial charge is 0.492 e. The molecule has 0 saturated heterocycles. The zero-order valence-corrected chi connectivity index (χ0v) is 7.95. The van der Waals surface area contributed by atoms with Gasteiger partial charge in [0.1, 0.15) is 12.1 Å². The van der Waals surface area contributed by atoms with E-state index >= 15 is 0 Å². The van der Waals surface area contributed by atoms with Gasteiger partial charge in [0.25, 0.3) is 0 Å². The van der Waals surface area contributed by atoms with Gasteiger partial charge in [-0.3, -0.25) is 0 Å². The lowest BCUT2D eigenvalue weighted by molar-refractivity contribution is 0.449. The molecule has 2 aromatic heterocycles. The Bertz CT molecular complexity index is 404. The van der Waals surface area contributed by atoms with Crippen molar-refractivity contribution in [1.82, 2.24) is 9.97 Å². The van der Waals surface area contributed by atoms with E-state index in [2.05, 4.69) is 16.9 Å². The van der Waals surface area contributed by atoms with E-state index in [0.29, 0.717) is 5.82 Å². The molecule has 4 nitrogen and oxygen atoms in total. The SMILES string of the molecule is CCCc1[nH]c(-c2ccoc2)nc1O. The second kappa shape index (κ2) is 3.57. The summed E-state index contributed by atoms with van der Waals surface area (Å²) in [7, 11) is 0. The maximum Gasteiger partial charge on any atom is 0.232 e. The minimum atomic E-state index is 0.0862. The normalized spacial score (nSPS) is 10.6. The summed E-state index contributed by atoms with van der Waals surface area (Å²) in [6, 6.07) is 1.80. The predicted molar refractivity (Wildman–Crippen MR) is 51.9 cm³/mol. The molecule has 0 unspecified atom stereocenters. The van der Waals surface area contributed by atoms with Crippen LogP contribution in [0.15, 0.2) is 23.0 Å². The van der Waals surface area contributed by atoms with Gasteiger partial charge < -0.3 is 14.5 Å². The molecule has 0 fully saturated rings. The van der Waals surface area contributed by atoms with Crippen molar-refractivity contribution in [3.8, 4) is 17.3 Å². The lowest BCUT2D eigenvalue weighted by Gasteiger charge is -1.91. The first-order valence-electron chi connectivity index (χ1n) is 4.61. The zero-order valence-electron chi connectivity index (χ0n) is 7.95. The Morgan fingerprint density at radius 2 is 2.43 bits per heavy atom. The Hall–Kier alpha value is -1.71. The summed E-state index contributed by atoms with van der Waals surface area (Å²) in [6.45, 7) is 2.05. The van der Waals surface area contributed by atoms with E-state index in [-0.39, 0.29) is 5.88 Å². The van der Waals surface area contributed by atoms with Gasteiger partial charge >= 0.3 is 0 Å². The van der Waals surface area contributed by atoms with Crippen molar-refractivity contribution >= 4 is 0 Å². The Morgan fingerprint density at radius 3 is 3.07 bits per heavy atom. The van der Waals surface area contributed by atoms with Gasteiger partial charge in [0.05, 0.1) is 17.5 Å². The lowest BCUT2D eigenvalue weighted by Crippen LogP contribution is -1.83. The maximum absolute atomic E-state index is 9.49. The summed E-state index contributed by atoms with van der Waals surface area (Å²) in [5.74, 6) is 0.739. The predicted octanol–water partition coefficient (Wildman–Crippen LogP) is 2.33. The number of aromatic amines is 1. The van der Waals surface area contributed by atoms with Crippen molar-refractivity contribution in [3.63, 3.8) is 0 Å². The molecule has 0 radical (unpaired) electrons. The summed E-state index contributed by atoms with van der Waals surface area (Å²) in [5.41, 5.74) is 1.63. The highest BCUT2D eigenvalue weighted by atomic mass is 16.3. The van der Waals surface area contributed by atoms with Crippen molar-refractivity contribution in [2.45, 2.75) is 19.8 Å². The highest BCUT2D eigenvalue weighted by Crippen LogP contribution is 2.22. The molecule has 4 heteroatoms. The maximum atomic E-state index is 9.49. The number of hydrogen-bond acceptors (Lipinski definition) is 3. The summed E-state index contributed by atoms with van der Waals surface area (Å²) < 4.78 is 4.94. The molecule has 0 spiro atoms. The number of nitrogens with zero attached hydrogens (tertiary/aromatic N) is 1. The summed E-state index contributed by atoms with van der Waals surface area (Å²) >= 11 is 0. The van der Waals surface area contributed by atoms with Crippen molar-refractivity contribution in [2.75, 3.05) is 0 Å². The molecule has 0 aliphatic rings. The molecule has 74 valence electrons. The molecule has 0 aliphatic heterocycles. The molecular weight excluding hydrogens is 180 g/mol. The van der Waals surface area contributed by atoms with Crippen LogP contribution < -0.4 is 0 Å². The number of H-pyrrole nitrogens is 1. The molecule has 0 aliphatic carbocycles. The third-order valence-electron chi connectivity index (χ3n) is 2.05. The minimum absolute atomic E-state index is 0.0862. The van der Waals surface area contributed by atoms with Gasteiger partial charge in [0.2, 0.25) is 5.88 Å². The van der Waals surface area contributed by atoms with Gasteiger partial charge in [-0.05, 0) is 12.5 Å². The average Bonchev–Trinajstić information content (AvgIpc) is 2.76. The number of aromatic hydroxyl groups is 1. The van der Waals surface area contributed by atoms with E-state index in [0.717, 1.165) is 24.1 Å². The van der Waals surface area contributed by atoms with Crippen LogP contribution in [-0.2, 0) is 6.42 Å². The lowest BCUT2D eigenvalue weighted by atomic mass is 10.3. The number of rotatable bonds is 3. The average molecular weight is 192 g/mol. The topological polar surface area (TPSA) is 62.0 Å². The fourth-order valence-corrected chi connectivity index (χ4v) is 1.36. The second-order valence-corrected chi connectivity index (χ2v) is 3.15. The van der Waals surface area contributed by atoms with Crippen LogP contribution in [0.3, 0.4) is 0 Å². The van der Waals surface area contributed by atoms with Gasteiger partial charge in [0.15, 0.2) is 0 Å². The molecular formula is C10H12N2O2. The van der Waals surface area contributed by atoms with Crippen molar-refractivity contribution in [3.05, 3.63) is 24.3 Å². The van der Waals surface area contributed by atoms with E-state index < -0.39 is 0 Å². The molecule has 0 amide bonds. The number of imidazole rings is 1. The van der Waals surface area contributed by atoms with Gasteiger partial charge in [-0.1, -0.05) is 13.3 Å². The molecule has 14 heavy (non-hydrogen) atoms. The van der Waals surface area contributed by atoms with Crippen molar-refractivity contribution in [2.24, 2.45) is 0 Å². The Labute approximate surface area is 81.6 Å². The molecule has 0 saturated carbocycles. The van der Waals surface area contributed by atoms with E-state index in [1.54, 1.807) is 18.6 Å². The minimum Gasteiger partial charge on any atom is -0.492 e. The van der Waals surface area contributed by atoms with Crippen molar-refractivity contribution < 1.29 is 9.52 Å². The summed E-state index contributed by atoms with van der Waals surface area (Å²) in [4.78, 5) is 7.08. The monoisotopic (exact) mass is 192 g/mol. The van der Waals surface area contributed by atoms with E-state index in [1.807, 2.05) is 0 Å². The number of furan rings is 1. The molecule has 0 aromatic carbocycles. The number of nitrogens with one attached hydrogen (secondary N) is 1. The fourth-order valence-electron chi connectivity index (χ4n) is 1.36. The summed E-state index contributed by atoms with van der Waals surface area (Å²) in [5, 5.41) is 9.49. The van der Waals surface area contributed by atoms with E-state index in [4.69, 9.17) is 4.42 Å². The van der Waals surface area contributed by atoms with Crippen LogP contribution in [0, 0.1) is 0 Å². The molecule has 0 atom stereocenters. The third-order valence-corrected chi connectivity index (χ3v) is 2.05. The van der Waals surface area contributed by atoms with Crippen LogP contribution in [0.2, 0.25) is 0 Å². The molecule has 2 aromatic rings. The Kier molecular flexibility index (Phi) is 2.26. The highest BCUT2D eigenvalue weighted by molar-refractivity contribution is 5.54. The Morgan fingerprint density at radius 1 is 1.57 bits per heavy atom. The van der Waals surface area contributed by atoms with Gasteiger partial charge in [-0.15, -0.1) is 0 Å². The van der Waals surface area contributed by atoms with Gasteiger partial charge in [0, 0.05) is 0 Å². The third kappa shape index (κ3) is 1.51. The Balaban J connectivity index is 2.33. The first kappa shape index (κ1) is 8.87. The first-order valence-corrected chi connectivity index (χ1v) is 4.61. The fraction of sp³-hybridized carbons (Fsp3) is 0.300. The van der Waals surface area contributed by atoms with Crippen LogP contribution in [0.5, 0.6) is 5.88 Å². The van der Waals surface area contributed by atoms with Crippen LogP contribution >= 0.6 is 0 Å². The van der Waals surface area contributed by atoms with Crippen LogP contribution in [-0.4, -0.2) is 15.1 Å². The standard InChI is InChI=1S/C10H12N2O2/c1-2-3-8-10(13)12-9(11-8)7-4-5-14-6-7/h4-6,13H,2-3H2,1H3,(H,11,12). The van der Waals surface area contributed by atoms with Crippen molar-refractivity contribution in [1.29, 1.82) is 0 Å². The van der Waals surface area contributed by atoms with Crippen LogP contribution in [0.1, 0.15) is 19.0 Å². The zero-order chi connectivity index (χ0) is 9.97. The molecule has 2 rings (SSSR count). The number of aromatic nitrogens is 2. The van der Waals surface area contributed by atoms with Gasteiger partial charge in [-0.2, -0.15) is 4.98 Å². The van der Waals surface area contributed by atoms with Crippen LogP contribution in [0.4, 0.5) is 0 Å². The van der Waals surface area contributed by atoms with E-state index in [9.17, 15) is 5.11 Å². The quantitative estimate of drug-likeness (QED) is 0.784. The molecule has 2 N–H and O–H groups in total.